The molecule has 7 nitrogen and oxygen atoms in total. The van der Waals surface area contributed by atoms with Gasteiger partial charge in [-0.1, -0.05) is 35.0 Å². The van der Waals surface area contributed by atoms with Gasteiger partial charge in [-0.3, -0.25) is 9.59 Å². The Morgan fingerprint density at radius 3 is 2.28 bits per heavy atom. The van der Waals surface area contributed by atoms with Crippen LogP contribution in [0.15, 0.2) is 58.4 Å². The van der Waals surface area contributed by atoms with Crippen LogP contribution in [0.4, 0.5) is 5.69 Å². The number of carbonyl (C=O) groups is 2. The van der Waals surface area contributed by atoms with Crippen LogP contribution >= 0.6 is 23.2 Å². The van der Waals surface area contributed by atoms with E-state index in [1.54, 1.807) is 50.6 Å². The molecular formula is C27H30Cl2N2O5. The summed E-state index contributed by atoms with van der Waals surface area (Å²) < 4.78 is 12.4. The van der Waals surface area contributed by atoms with Gasteiger partial charge in [0, 0.05) is 67.4 Å². The zero-order chi connectivity index (χ0) is 26.4. The van der Waals surface area contributed by atoms with Gasteiger partial charge < -0.3 is 19.5 Å². The number of nitrogens with zero attached hydrogens (tertiary/aromatic N) is 2. The van der Waals surface area contributed by atoms with Crippen LogP contribution < -0.4 is 10.0 Å². The first-order valence-corrected chi connectivity index (χ1v) is 12.5. The lowest BCUT2D eigenvalue weighted by molar-refractivity contribution is -0.525. The number of allylic oxidation sites excluding steroid dienone is 7. The van der Waals surface area contributed by atoms with Gasteiger partial charge in [0.2, 0.25) is 17.3 Å². The molecule has 0 fully saturated rings. The highest BCUT2D eigenvalue weighted by molar-refractivity contribution is 6.63. The first-order chi connectivity index (χ1) is 17.3. The first-order valence-electron chi connectivity index (χ1n) is 11.7. The van der Waals surface area contributed by atoms with Gasteiger partial charge in [-0.25, -0.2) is 4.58 Å². The van der Waals surface area contributed by atoms with E-state index in [9.17, 15) is 14.7 Å². The minimum Gasteiger partial charge on any atom is -0.871 e. The summed E-state index contributed by atoms with van der Waals surface area (Å²) in [6.07, 6.45) is 5.07. The minimum absolute atomic E-state index is 0.215. The zero-order valence-corrected chi connectivity index (χ0v) is 22.4. The van der Waals surface area contributed by atoms with Crippen molar-refractivity contribution < 1.29 is 28.7 Å². The first kappa shape index (κ1) is 27.9. The fraction of sp³-hybridized carbons (Fsp3) is 0.370. The molecule has 0 heterocycles. The smallest absolute Gasteiger partial charge is 0.233 e. The summed E-state index contributed by atoms with van der Waals surface area (Å²) >= 11 is 13.0. The van der Waals surface area contributed by atoms with E-state index in [1.165, 1.54) is 0 Å². The highest BCUT2D eigenvalue weighted by atomic mass is 35.5. The second-order valence-electron chi connectivity index (χ2n) is 8.21. The molecule has 0 N–H and O–H groups in total. The maximum absolute atomic E-state index is 13.4. The van der Waals surface area contributed by atoms with Crippen LogP contribution in [-0.4, -0.2) is 75.5 Å². The lowest BCUT2D eigenvalue weighted by Crippen LogP contribution is -2.26. The van der Waals surface area contributed by atoms with Crippen LogP contribution in [0.2, 0.25) is 5.02 Å². The number of hydrogen-bond donors (Lipinski definition) is 0. The average molecular weight is 533 g/mol. The summed E-state index contributed by atoms with van der Waals surface area (Å²) in [6, 6.07) is 5.07. The number of Topliss-reactive ketones (excluding diaryl/α,β-unsaturated/α-hetero) is 2. The van der Waals surface area contributed by atoms with Crippen LogP contribution in [0, 0.1) is 0 Å². The fourth-order valence-corrected chi connectivity index (χ4v) is 4.74. The lowest BCUT2D eigenvalue weighted by Gasteiger charge is -2.23. The lowest BCUT2D eigenvalue weighted by atomic mass is 9.99. The molecule has 0 atom stereocenters. The number of rotatable bonds is 10. The summed E-state index contributed by atoms with van der Waals surface area (Å²) in [6.45, 7) is 7.84. The average Bonchev–Trinajstić information content (AvgIpc) is 3.08. The van der Waals surface area contributed by atoms with Crippen LogP contribution in [-0.2, 0) is 19.1 Å². The van der Waals surface area contributed by atoms with Crippen molar-refractivity contribution in [3.63, 3.8) is 0 Å². The standard InChI is InChI=1S/C27H30Cl2N2O5/c1-5-30(11-13-35-3)17-7-9-19(21(28)15-17)23-25(32)24(27(34)26(23)33)20-10-8-18(16-22(20)29)31(6-2)12-14-36-4/h7-10,15-16H,5-6,11-14H2,1-4H3. The van der Waals surface area contributed by atoms with Crippen LogP contribution in [0.1, 0.15) is 19.4 Å². The van der Waals surface area contributed by atoms with E-state index in [-0.39, 0.29) is 32.3 Å². The summed E-state index contributed by atoms with van der Waals surface area (Å²) in [5, 5.41) is 13.8. The Kier molecular flexibility index (Phi) is 9.68. The van der Waals surface area contributed by atoms with E-state index in [1.807, 2.05) is 13.8 Å². The molecule has 0 saturated carbocycles. The Bertz CT molecular complexity index is 1210. The monoisotopic (exact) mass is 532 g/mol. The molecule has 2 aliphatic rings. The maximum atomic E-state index is 13.4. The van der Waals surface area contributed by atoms with E-state index < -0.39 is 17.3 Å². The van der Waals surface area contributed by atoms with E-state index in [0.29, 0.717) is 26.3 Å². The van der Waals surface area contributed by atoms with E-state index in [0.717, 1.165) is 24.5 Å². The highest BCUT2D eigenvalue weighted by Gasteiger charge is 2.36. The SMILES string of the molecule is CCN(CCOC)c1ccc(C2=C([O-])/C(=C3\C=CC(=[N+](CC)CCOC)C=C3Cl)C(=O)C2=O)c(Cl)c1. The predicted octanol–water partition coefficient (Wildman–Crippen LogP) is 3.14. The molecule has 0 aliphatic heterocycles. The van der Waals surface area contributed by atoms with Crippen molar-refractivity contribution in [3.05, 3.63) is 69.0 Å². The van der Waals surface area contributed by atoms with Gasteiger partial charge in [0.1, 0.15) is 13.2 Å². The van der Waals surface area contributed by atoms with Crippen LogP contribution in [0.3, 0.4) is 0 Å². The molecule has 1 aromatic rings. The minimum atomic E-state index is -0.883. The second kappa shape index (κ2) is 12.5. The number of likely N-dealkylation sites (N-methyl/N-ethyl adjacent to an activating group) is 2. The molecule has 0 amide bonds. The van der Waals surface area contributed by atoms with Crippen molar-refractivity contribution in [2.75, 3.05) is 58.5 Å². The Morgan fingerprint density at radius 2 is 1.69 bits per heavy atom. The molecule has 3 rings (SSSR count). The molecule has 192 valence electrons. The Hall–Kier alpha value is -2.71. The van der Waals surface area contributed by atoms with Crippen molar-refractivity contribution in [2.24, 2.45) is 0 Å². The van der Waals surface area contributed by atoms with Gasteiger partial charge >= 0.3 is 0 Å². The number of methoxy groups -OCH3 is 2. The number of halogens is 2. The Labute approximate surface area is 221 Å². The van der Waals surface area contributed by atoms with E-state index in [2.05, 4.69) is 9.48 Å². The van der Waals surface area contributed by atoms with Gasteiger partial charge in [-0.05, 0) is 32.1 Å². The van der Waals surface area contributed by atoms with Gasteiger partial charge in [-0.15, -0.1) is 0 Å². The molecule has 0 aromatic heterocycles. The third-order valence-corrected chi connectivity index (χ3v) is 6.81. The van der Waals surface area contributed by atoms with Gasteiger partial charge in [0.15, 0.2) is 6.54 Å². The molecule has 9 heteroatoms. The zero-order valence-electron chi connectivity index (χ0n) is 20.9. The van der Waals surface area contributed by atoms with E-state index >= 15 is 0 Å². The molecular weight excluding hydrogens is 503 g/mol. The molecule has 0 radical (unpaired) electrons. The van der Waals surface area contributed by atoms with Crippen molar-refractivity contribution in [2.45, 2.75) is 13.8 Å². The van der Waals surface area contributed by atoms with Crippen molar-refractivity contribution >= 4 is 51.7 Å². The van der Waals surface area contributed by atoms with Gasteiger partial charge in [-0.2, -0.15) is 0 Å². The van der Waals surface area contributed by atoms with Crippen LogP contribution in [0.25, 0.3) is 5.57 Å². The molecule has 36 heavy (non-hydrogen) atoms. The molecule has 0 unspecified atom stereocenters. The van der Waals surface area contributed by atoms with Gasteiger partial charge in [0.25, 0.3) is 0 Å². The normalized spacial score (nSPS) is 19.3. The van der Waals surface area contributed by atoms with Crippen molar-refractivity contribution in [1.82, 2.24) is 0 Å². The second-order valence-corrected chi connectivity index (χ2v) is 9.03. The third-order valence-electron chi connectivity index (χ3n) is 6.18. The molecule has 2 aliphatic carbocycles. The van der Waals surface area contributed by atoms with Gasteiger partial charge in [0.05, 0.1) is 16.7 Å². The number of carbonyl (C=O) groups excluding carboxylic acids is 2. The van der Waals surface area contributed by atoms with E-state index in [4.69, 9.17) is 32.7 Å². The number of hydrogen-bond acceptors (Lipinski definition) is 6. The summed E-state index contributed by atoms with van der Waals surface area (Å²) in [7, 11) is 3.26. The summed E-state index contributed by atoms with van der Waals surface area (Å²) in [5.74, 6) is -2.44. The van der Waals surface area contributed by atoms with Crippen molar-refractivity contribution in [3.8, 4) is 0 Å². The fourth-order valence-electron chi connectivity index (χ4n) is 4.20. The summed E-state index contributed by atoms with van der Waals surface area (Å²) in [4.78, 5) is 27.9. The molecule has 0 saturated heterocycles. The number of benzene rings is 1. The number of ether oxygens (including phenoxy) is 2. The quantitative estimate of drug-likeness (QED) is 0.261. The number of anilines is 1. The molecule has 1 aromatic carbocycles. The maximum Gasteiger partial charge on any atom is 0.233 e. The third kappa shape index (κ3) is 5.65. The predicted molar refractivity (Wildman–Crippen MR) is 141 cm³/mol. The highest BCUT2D eigenvalue weighted by Crippen LogP contribution is 2.39. The Morgan fingerprint density at radius 1 is 1.00 bits per heavy atom. The Balaban J connectivity index is 2.03. The van der Waals surface area contributed by atoms with Crippen LogP contribution in [0.5, 0.6) is 0 Å². The largest absolute Gasteiger partial charge is 0.871 e. The molecule has 0 spiro atoms. The van der Waals surface area contributed by atoms with Crippen molar-refractivity contribution in [1.29, 1.82) is 0 Å². The topological polar surface area (TPSA) is 81.9 Å². The molecule has 0 bridgehead atoms. The summed E-state index contributed by atoms with van der Waals surface area (Å²) in [5.41, 5.74) is 1.63. The number of ketones is 2.